The standard InChI is InChI=1S/C32H40O8S/c1-5-6-19-41(34,35)40-29-17-14-25(22-31(29)37-3)10-7-9-24-13-15-27(16-18-32(33)38-4)30(21-24)39-23-26-11-8-12-28(20-26)36-2/h8,11-15,17,20-22H,5-7,9-10,16,18-19,23H2,1-4H3. The van der Waals surface area contributed by atoms with Crippen molar-refractivity contribution in [2.24, 2.45) is 0 Å². The van der Waals surface area contributed by atoms with E-state index in [0.717, 1.165) is 59.4 Å². The highest BCUT2D eigenvalue weighted by Crippen LogP contribution is 2.31. The molecule has 222 valence electrons. The van der Waals surface area contributed by atoms with Gasteiger partial charge in [-0.2, -0.15) is 8.42 Å². The third kappa shape index (κ3) is 10.3. The molecule has 0 saturated heterocycles. The van der Waals surface area contributed by atoms with Gasteiger partial charge < -0.3 is 23.1 Å². The molecule has 0 aromatic heterocycles. The van der Waals surface area contributed by atoms with Crippen LogP contribution in [0.5, 0.6) is 23.0 Å². The quantitative estimate of drug-likeness (QED) is 0.139. The zero-order valence-electron chi connectivity index (χ0n) is 24.3. The van der Waals surface area contributed by atoms with Gasteiger partial charge in [0.2, 0.25) is 0 Å². The van der Waals surface area contributed by atoms with Crippen molar-refractivity contribution in [2.75, 3.05) is 27.1 Å². The number of carbonyl (C=O) groups is 1. The van der Waals surface area contributed by atoms with Crippen LogP contribution in [0.2, 0.25) is 0 Å². The second-order valence-corrected chi connectivity index (χ2v) is 11.4. The molecule has 0 amide bonds. The maximum atomic E-state index is 12.2. The molecule has 8 nitrogen and oxygen atoms in total. The van der Waals surface area contributed by atoms with E-state index in [4.69, 9.17) is 23.1 Å². The molecule has 0 aliphatic heterocycles. The molecular weight excluding hydrogens is 544 g/mol. The maximum Gasteiger partial charge on any atom is 0.309 e. The molecule has 0 spiro atoms. The number of esters is 1. The highest BCUT2D eigenvalue weighted by molar-refractivity contribution is 7.87. The van der Waals surface area contributed by atoms with Crippen molar-refractivity contribution in [3.63, 3.8) is 0 Å². The SMILES string of the molecule is CCCCS(=O)(=O)Oc1ccc(CCCc2ccc(CCC(=O)OC)c(OCc3cccc(OC)c3)c2)cc1OC. The number of unbranched alkanes of at least 4 members (excludes halogenated alkanes) is 1. The summed E-state index contributed by atoms with van der Waals surface area (Å²) in [5, 5.41) is 0. The number of methoxy groups -OCH3 is 3. The van der Waals surface area contributed by atoms with Crippen LogP contribution < -0.4 is 18.4 Å². The molecule has 9 heteroatoms. The molecule has 3 rings (SSSR count). The van der Waals surface area contributed by atoms with Crippen LogP contribution in [0.25, 0.3) is 0 Å². The molecule has 0 heterocycles. The molecule has 0 saturated carbocycles. The van der Waals surface area contributed by atoms with Gasteiger partial charge in [-0.25, -0.2) is 0 Å². The number of benzene rings is 3. The van der Waals surface area contributed by atoms with Gasteiger partial charge in [-0.05, 0) is 84.7 Å². The van der Waals surface area contributed by atoms with Crippen LogP contribution in [0.15, 0.2) is 60.7 Å². The van der Waals surface area contributed by atoms with Crippen molar-refractivity contribution in [1.29, 1.82) is 0 Å². The fraction of sp³-hybridized carbons (Fsp3) is 0.406. The van der Waals surface area contributed by atoms with E-state index in [-0.39, 0.29) is 23.9 Å². The first-order valence-electron chi connectivity index (χ1n) is 13.8. The van der Waals surface area contributed by atoms with Gasteiger partial charge in [0.05, 0.1) is 27.1 Å². The van der Waals surface area contributed by atoms with E-state index in [0.29, 0.717) is 25.2 Å². The molecular formula is C32H40O8S. The van der Waals surface area contributed by atoms with Crippen LogP contribution in [-0.4, -0.2) is 41.5 Å². The summed E-state index contributed by atoms with van der Waals surface area (Å²) in [4.78, 5) is 11.7. The Morgan fingerprint density at radius 1 is 0.756 bits per heavy atom. The topological polar surface area (TPSA) is 97.4 Å². The number of rotatable bonds is 17. The van der Waals surface area contributed by atoms with Crippen molar-refractivity contribution in [1.82, 2.24) is 0 Å². The zero-order chi connectivity index (χ0) is 29.7. The summed E-state index contributed by atoms with van der Waals surface area (Å²) in [7, 11) is 0.853. The summed E-state index contributed by atoms with van der Waals surface area (Å²) < 4.78 is 51.5. The van der Waals surface area contributed by atoms with E-state index in [1.165, 1.54) is 14.2 Å². The fourth-order valence-corrected chi connectivity index (χ4v) is 5.43. The molecule has 0 bridgehead atoms. The van der Waals surface area contributed by atoms with Crippen molar-refractivity contribution >= 4 is 16.1 Å². The van der Waals surface area contributed by atoms with Gasteiger partial charge in [-0.15, -0.1) is 0 Å². The lowest BCUT2D eigenvalue weighted by atomic mass is 10.0. The summed E-state index contributed by atoms with van der Waals surface area (Å²) in [6.07, 6.45) is 4.53. The summed E-state index contributed by atoms with van der Waals surface area (Å²) in [6.45, 7) is 2.30. The molecule has 0 unspecified atom stereocenters. The summed E-state index contributed by atoms with van der Waals surface area (Å²) in [6, 6.07) is 19.2. The molecule has 0 fully saturated rings. The predicted molar refractivity (Wildman–Crippen MR) is 158 cm³/mol. The van der Waals surface area contributed by atoms with Gasteiger partial charge in [-0.3, -0.25) is 4.79 Å². The Hall–Kier alpha value is -3.72. The van der Waals surface area contributed by atoms with E-state index < -0.39 is 10.1 Å². The summed E-state index contributed by atoms with van der Waals surface area (Å²) in [5.74, 6) is 1.81. The van der Waals surface area contributed by atoms with Gasteiger partial charge >= 0.3 is 16.1 Å². The first-order valence-corrected chi connectivity index (χ1v) is 15.4. The number of aryl methyl sites for hydroxylation is 3. The normalized spacial score (nSPS) is 11.1. The van der Waals surface area contributed by atoms with Gasteiger partial charge in [0.1, 0.15) is 18.1 Å². The lowest BCUT2D eigenvalue weighted by molar-refractivity contribution is -0.140. The van der Waals surface area contributed by atoms with Crippen molar-refractivity contribution < 1.29 is 36.3 Å². The third-order valence-electron chi connectivity index (χ3n) is 6.61. The molecule has 3 aromatic rings. The van der Waals surface area contributed by atoms with Gasteiger partial charge in [0, 0.05) is 6.42 Å². The summed E-state index contributed by atoms with van der Waals surface area (Å²) in [5.41, 5.74) is 4.05. The molecule has 41 heavy (non-hydrogen) atoms. The van der Waals surface area contributed by atoms with E-state index in [1.807, 2.05) is 55.5 Å². The Morgan fingerprint density at radius 2 is 1.49 bits per heavy atom. The van der Waals surface area contributed by atoms with Gasteiger partial charge in [0.15, 0.2) is 11.5 Å². The number of hydrogen-bond acceptors (Lipinski definition) is 8. The van der Waals surface area contributed by atoms with Crippen LogP contribution in [0.1, 0.15) is 54.9 Å². The number of hydrogen-bond donors (Lipinski definition) is 0. The molecule has 3 aromatic carbocycles. The number of ether oxygens (including phenoxy) is 4. The Kier molecular flexibility index (Phi) is 12.3. The number of carbonyl (C=O) groups excluding carboxylic acids is 1. The maximum absolute atomic E-state index is 12.2. The second-order valence-electron chi connectivity index (χ2n) is 9.70. The Morgan fingerprint density at radius 3 is 2.17 bits per heavy atom. The first-order chi connectivity index (χ1) is 19.8. The smallest absolute Gasteiger partial charge is 0.309 e. The van der Waals surface area contributed by atoms with Crippen molar-refractivity contribution in [3.05, 3.63) is 82.9 Å². The molecule has 0 radical (unpaired) electrons. The van der Waals surface area contributed by atoms with Crippen LogP contribution in [-0.2, 0) is 45.5 Å². The van der Waals surface area contributed by atoms with Crippen LogP contribution >= 0.6 is 0 Å². The molecule has 0 aliphatic rings. The summed E-state index contributed by atoms with van der Waals surface area (Å²) >= 11 is 0. The monoisotopic (exact) mass is 584 g/mol. The Bertz CT molecular complexity index is 1380. The molecule has 0 atom stereocenters. The second kappa shape index (κ2) is 15.9. The van der Waals surface area contributed by atoms with E-state index in [9.17, 15) is 13.2 Å². The predicted octanol–water partition coefficient (Wildman–Crippen LogP) is 6.07. The van der Waals surface area contributed by atoms with Gasteiger partial charge in [-0.1, -0.05) is 43.7 Å². The lowest BCUT2D eigenvalue weighted by Crippen LogP contribution is -2.14. The van der Waals surface area contributed by atoms with Crippen LogP contribution in [0, 0.1) is 0 Å². The highest BCUT2D eigenvalue weighted by Gasteiger charge is 2.16. The fourth-order valence-electron chi connectivity index (χ4n) is 4.29. The van der Waals surface area contributed by atoms with E-state index in [1.54, 1.807) is 13.2 Å². The molecule has 0 N–H and O–H groups in total. The Labute approximate surface area is 243 Å². The van der Waals surface area contributed by atoms with Crippen LogP contribution in [0.3, 0.4) is 0 Å². The van der Waals surface area contributed by atoms with Crippen LogP contribution in [0.4, 0.5) is 0 Å². The Balaban J connectivity index is 1.67. The minimum atomic E-state index is -3.66. The lowest BCUT2D eigenvalue weighted by Gasteiger charge is -2.14. The van der Waals surface area contributed by atoms with E-state index in [2.05, 4.69) is 6.07 Å². The minimum absolute atomic E-state index is 0.0267. The van der Waals surface area contributed by atoms with E-state index >= 15 is 0 Å². The van der Waals surface area contributed by atoms with Crippen molar-refractivity contribution in [3.8, 4) is 23.0 Å². The van der Waals surface area contributed by atoms with Crippen molar-refractivity contribution in [2.45, 2.75) is 58.5 Å². The first kappa shape index (κ1) is 31.8. The minimum Gasteiger partial charge on any atom is -0.497 e. The average molecular weight is 585 g/mol. The average Bonchev–Trinajstić information content (AvgIpc) is 2.98. The third-order valence-corrected chi connectivity index (χ3v) is 7.83. The van der Waals surface area contributed by atoms with Gasteiger partial charge in [0.25, 0.3) is 0 Å². The molecule has 0 aliphatic carbocycles. The zero-order valence-corrected chi connectivity index (χ0v) is 25.1. The largest absolute Gasteiger partial charge is 0.497 e. The highest BCUT2D eigenvalue weighted by atomic mass is 32.2.